The van der Waals surface area contributed by atoms with E-state index in [2.05, 4.69) is 20.3 Å². The molecule has 0 radical (unpaired) electrons. The van der Waals surface area contributed by atoms with Gasteiger partial charge in [0.05, 0.1) is 4.88 Å². The summed E-state index contributed by atoms with van der Waals surface area (Å²) < 4.78 is 43.2. The second-order valence-electron chi connectivity index (χ2n) is 5.35. The number of ether oxygens (including phenoxy) is 1. The third-order valence-electron chi connectivity index (χ3n) is 3.48. The van der Waals surface area contributed by atoms with Crippen LogP contribution < -0.4 is 10.1 Å². The molecule has 0 unspecified atom stereocenters. The molecule has 2 N–H and O–H groups in total. The van der Waals surface area contributed by atoms with Crippen LogP contribution in [0.5, 0.6) is 5.75 Å². The summed E-state index contributed by atoms with van der Waals surface area (Å²) in [6.07, 6.45) is -4.81. The summed E-state index contributed by atoms with van der Waals surface area (Å²) in [6.45, 7) is -0.241. The number of alkyl halides is 3. The molecule has 1 amide bonds. The molecule has 3 aromatic rings. The molecular weight excluding hydrogens is 401 g/mol. The Balaban J connectivity index is 1.69. The summed E-state index contributed by atoms with van der Waals surface area (Å²) in [5.41, 5.74) is 0.206. The van der Waals surface area contributed by atoms with Gasteiger partial charge in [0, 0.05) is 12.1 Å². The predicted molar refractivity (Wildman–Crippen MR) is 95.7 cm³/mol. The molecule has 6 nitrogen and oxygen atoms in total. The average Bonchev–Trinajstić information content (AvgIpc) is 3.23. The van der Waals surface area contributed by atoms with Gasteiger partial charge in [-0.3, -0.25) is 14.5 Å². The van der Waals surface area contributed by atoms with Crippen molar-refractivity contribution in [1.82, 2.24) is 20.1 Å². The number of nitrogens with zero attached hydrogens (tertiary/aromatic N) is 2. The van der Waals surface area contributed by atoms with Crippen molar-refractivity contribution in [1.29, 1.82) is 0 Å². The highest BCUT2D eigenvalue weighted by Crippen LogP contribution is 2.26. The summed E-state index contributed by atoms with van der Waals surface area (Å²) in [5.74, 6) is -0.262. The van der Waals surface area contributed by atoms with Crippen molar-refractivity contribution < 1.29 is 22.7 Å². The Kier molecular flexibility index (Phi) is 5.61. The predicted octanol–water partition coefficient (Wildman–Crippen LogP) is 3.88. The molecule has 2 aromatic heterocycles. The van der Waals surface area contributed by atoms with Crippen LogP contribution in [0.25, 0.3) is 10.7 Å². The lowest BCUT2D eigenvalue weighted by Crippen LogP contribution is -2.28. The number of para-hydroxylation sites is 1. The second-order valence-corrected chi connectivity index (χ2v) is 6.68. The summed E-state index contributed by atoms with van der Waals surface area (Å²) in [7, 11) is 0. The molecule has 11 heteroatoms. The summed E-state index contributed by atoms with van der Waals surface area (Å²) in [4.78, 5) is 13.1. The van der Waals surface area contributed by atoms with Gasteiger partial charge in [0.1, 0.15) is 12.3 Å². The standard InChI is InChI=1S/C16H13F3N4O2S2/c17-16(18,19)25-11-5-2-1-4-10(11)8-20-13(24)9-23-14(21-22-15(23)26)12-6-3-7-27-12/h1-7H,8-9H2,(H,20,24)(H,22,26). The first-order valence-corrected chi connectivity index (χ1v) is 8.92. The number of hydrogen-bond donors (Lipinski definition) is 2. The highest BCUT2D eigenvalue weighted by Gasteiger charge is 2.32. The largest absolute Gasteiger partial charge is 0.573 e. The zero-order chi connectivity index (χ0) is 19.4. The van der Waals surface area contributed by atoms with Gasteiger partial charge in [0.25, 0.3) is 0 Å². The van der Waals surface area contributed by atoms with E-state index >= 15 is 0 Å². The fraction of sp³-hybridized carbons (Fsp3) is 0.188. The number of H-pyrrole nitrogens is 1. The van der Waals surface area contributed by atoms with Crippen molar-refractivity contribution in [3.8, 4) is 16.5 Å². The van der Waals surface area contributed by atoms with Crippen LogP contribution in [0.4, 0.5) is 13.2 Å². The minimum absolute atomic E-state index is 0.120. The minimum atomic E-state index is -4.81. The smallest absolute Gasteiger partial charge is 0.405 e. The Labute approximate surface area is 160 Å². The van der Waals surface area contributed by atoms with E-state index in [-0.39, 0.29) is 29.2 Å². The SMILES string of the molecule is O=C(Cn1c(-c2cccs2)n[nH]c1=S)NCc1ccccc1OC(F)(F)F. The molecule has 142 valence electrons. The number of hydrogen-bond acceptors (Lipinski definition) is 5. The summed E-state index contributed by atoms with van der Waals surface area (Å²) in [5, 5.41) is 11.2. The molecule has 0 aliphatic carbocycles. The maximum Gasteiger partial charge on any atom is 0.573 e. The van der Waals surface area contributed by atoms with Gasteiger partial charge < -0.3 is 10.1 Å². The number of carbonyl (C=O) groups excluding carboxylic acids is 1. The molecule has 0 atom stereocenters. The van der Waals surface area contributed by atoms with E-state index in [9.17, 15) is 18.0 Å². The number of thiophene rings is 1. The maximum absolute atomic E-state index is 12.5. The molecule has 1 aromatic carbocycles. The second kappa shape index (κ2) is 7.92. The molecule has 0 saturated heterocycles. The van der Waals surface area contributed by atoms with Crippen LogP contribution in [-0.4, -0.2) is 27.0 Å². The van der Waals surface area contributed by atoms with E-state index < -0.39 is 12.3 Å². The lowest BCUT2D eigenvalue weighted by molar-refractivity contribution is -0.274. The number of rotatable bonds is 6. The molecule has 0 aliphatic heterocycles. The molecular formula is C16H13F3N4O2S2. The fourth-order valence-electron chi connectivity index (χ4n) is 2.33. The lowest BCUT2D eigenvalue weighted by atomic mass is 10.2. The molecule has 0 spiro atoms. The number of benzene rings is 1. The molecule has 0 fully saturated rings. The van der Waals surface area contributed by atoms with Gasteiger partial charge >= 0.3 is 6.36 Å². The van der Waals surface area contributed by atoms with Gasteiger partial charge in [-0.2, -0.15) is 5.10 Å². The van der Waals surface area contributed by atoms with Crippen molar-refractivity contribution >= 4 is 29.5 Å². The molecule has 0 aliphatic rings. The van der Waals surface area contributed by atoms with Crippen LogP contribution in [-0.2, 0) is 17.9 Å². The van der Waals surface area contributed by atoms with Crippen LogP contribution >= 0.6 is 23.6 Å². The summed E-state index contributed by atoms with van der Waals surface area (Å²) >= 11 is 6.59. The highest BCUT2D eigenvalue weighted by atomic mass is 32.1. The number of aromatic amines is 1. The zero-order valence-electron chi connectivity index (χ0n) is 13.6. The van der Waals surface area contributed by atoms with Gasteiger partial charge in [-0.1, -0.05) is 24.3 Å². The molecule has 27 heavy (non-hydrogen) atoms. The van der Waals surface area contributed by atoms with Crippen molar-refractivity contribution in [3.05, 3.63) is 52.1 Å². The van der Waals surface area contributed by atoms with Crippen LogP contribution in [0.15, 0.2) is 41.8 Å². The molecule has 0 saturated carbocycles. The Morgan fingerprint density at radius 1 is 1.30 bits per heavy atom. The third-order valence-corrected chi connectivity index (χ3v) is 4.65. The Morgan fingerprint density at radius 3 is 2.78 bits per heavy atom. The topological polar surface area (TPSA) is 71.9 Å². The van der Waals surface area contributed by atoms with E-state index in [1.165, 1.54) is 34.1 Å². The van der Waals surface area contributed by atoms with Crippen molar-refractivity contribution in [3.63, 3.8) is 0 Å². The lowest BCUT2D eigenvalue weighted by Gasteiger charge is -2.14. The van der Waals surface area contributed by atoms with Gasteiger partial charge in [-0.25, -0.2) is 0 Å². The normalized spacial score (nSPS) is 11.4. The first kappa shape index (κ1) is 19.1. The van der Waals surface area contributed by atoms with Gasteiger partial charge in [-0.05, 0) is 29.7 Å². The first-order valence-electron chi connectivity index (χ1n) is 7.63. The van der Waals surface area contributed by atoms with E-state index in [0.717, 1.165) is 4.88 Å². The summed E-state index contributed by atoms with van der Waals surface area (Å²) in [6, 6.07) is 9.31. The average molecular weight is 414 g/mol. The van der Waals surface area contributed by atoms with Crippen LogP contribution in [0.2, 0.25) is 0 Å². The van der Waals surface area contributed by atoms with Crippen LogP contribution in [0.3, 0.4) is 0 Å². The van der Waals surface area contributed by atoms with E-state index in [1.807, 2.05) is 17.5 Å². The van der Waals surface area contributed by atoms with Crippen LogP contribution in [0, 0.1) is 4.77 Å². The van der Waals surface area contributed by atoms with Crippen LogP contribution in [0.1, 0.15) is 5.56 Å². The Hall–Kier alpha value is -2.66. The van der Waals surface area contributed by atoms with Gasteiger partial charge in [0.2, 0.25) is 5.91 Å². The number of amides is 1. The number of halogens is 3. The van der Waals surface area contributed by atoms with Gasteiger partial charge in [0.15, 0.2) is 10.6 Å². The quantitative estimate of drug-likeness (QED) is 0.601. The number of nitrogens with one attached hydrogen (secondary N) is 2. The first-order chi connectivity index (χ1) is 12.8. The monoisotopic (exact) mass is 414 g/mol. The molecule has 2 heterocycles. The fourth-order valence-corrected chi connectivity index (χ4v) is 3.24. The Bertz CT molecular complexity index is 980. The van der Waals surface area contributed by atoms with Gasteiger partial charge in [-0.15, -0.1) is 24.5 Å². The molecule has 0 bridgehead atoms. The zero-order valence-corrected chi connectivity index (χ0v) is 15.2. The van der Waals surface area contributed by atoms with E-state index in [1.54, 1.807) is 6.07 Å². The number of carbonyl (C=O) groups is 1. The van der Waals surface area contributed by atoms with E-state index in [0.29, 0.717) is 5.82 Å². The van der Waals surface area contributed by atoms with E-state index in [4.69, 9.17) is 12.2 Å². The molecule has 3 rings (SSSR count). The Morgan fingerprint density at radius 2 is 2.07 bits per heavy atom. The third kappa shape index (κ3) is 4.95. The maximum atomic E-state index is 12.5. The minimum Gasteiger partial charge on any atom is -0.405 e. The van der Waals surface area contributed by atoms with Crippen molar-refractivity contribution in [2.24, 2.45) is 0 Å². The van der Waals surface area contributed by atoms with Crippen molar-refractivity contribution in [2.45, 2.75) is 19.5 Å². The number of aromatic nitrogens is 3. The van der Waals surface area contributed by atoms with Crippen molar-refractivity contribution in [2.75, 3.05) is 0 Å². The highest BCUT2D eigenvalue weighted by molar-refractivity contribution is 7.71.